The highest BCUT2D eigenvalue weighted by Crippen LogP contribution is 2.23. The summed E-state index contributed by atoms with van der Waals surface area (Å²) in [5, 5.41) is 6.49. The van der Waals surface area contributed by atoms with Gasteiger partial charge in [0.15, 0.2) is 0 Å². The lowest BCUT2D eigenvalue weighted by molar-refractivity contribution is -0.0117. The first kappa shape index (κ1) is 11.8. The maximum Gasteiger partial charge on any atom is 0.138 e. The quantitative estimate of drug-likeness (QED) is 0.909. The van der Waals surface area contributed by atoms with E-state index in [4.69, 9.17) is 4.74 Å². The third-order valence-corrected chi connectivity index (χ3v) is 3.92. The second-order valence-electron chi connectivity index (χ2n) is 4.50. The molecule has 0 saturated carbocycles. The van der Waals surface area contributed by atoms with Crippen LogP contribution < -0.4 is 5.32 Å². The molecule has 0 unspecified atom stereocenters. The van der Waals surface area contributed by atoms with Crippen LogP contribution in [0.2, 0.25) is 0 Å². The van der Waals surface area contributed by atoms with E-state index in [-0.39, 0.29) is 6.10 Å². The molecule has 3 heterocycles. The summed E-state index contributed by atoms with van der Waals surface area (Å²) in [5.41, 5.74) is 0. The molecule has 0 aromatic carbocycles. The van der Waals surface area contributed by atoms with Gasteiger partial charge in [0.25, 0.3) is 0 Å². The van der Waals surface area contributed by atoms with Crippen molar-refractivity contribution in [3.05, 3.63) is 17.8 Å². The van der Waals surface area contributed by atoms with Crippen molar-refractivity contribution in [2.45, 2.75) is 6.10 Å². The average Bonchev–Trinajstić information content (AvgIpc) is 2.85. The van der Waals surface area contributed by atoms with Gasteiger partial charge in [-0.2, -0.15) is 0 Å². The first-order chi connectivity index (χ1) is 8.83. The molecule has 2 aromatic heterocycles. The Bertz CT molecular complexity index is 530. The van der Waals surface area contributed by atoms with Crippen LogP contribution in [0.1, 0.15) is 0 Å². The zero-order chi connectivity index (χ0) is 12.4. The van der Waals surface area contributed by atoms with Crippen molar-refractivity contribution in [1.29, 1.82) is 0 Å². The average molecular weight is 264 g/mol. The summed E-state index contributed by atoms with van der Waals surface area (Å²) < 4.78 is 5.72. The zero-order valence-corrected chi connectivity index (χ0v) is 11.1. The molecule has 0 spiro atoms. The van der Waals surface area contributed by atoms with Gasteiger partial charge in [-0.15, -0.1) is 11.3 Å². The van der Waals surface area contributed by atoms with Crippen LogP contribution in [0.5, 0.6) is 0 Å². The number of nitrogens with zero attached hydrogens (tertiary/aromatic N) is 3. The Morgan fingerprint density at radius 3 is 3.39 bits per heavy atom. The zero-order valence-electron chi connectivity index (χ0n) is 10.3. The van der Waals surface area contributed by atoms with Gasteiger partial charge in [-0.1, -0.05) is 0 Å². The maximum atomic E-state index is 5.72. The minimum atomic E-state index is 0.229. The van der Waals surface area contributed by atoms with Crippen molar-refractivity contribution in [2.75, 3.05) is 38.6 Å². The third kappa shape index (κ3) is 2.45. The lowest BCUT2D eigenvalue weighted by atomic mass is 10.2. The minimum Gasteiger partial charge on any atom is -0.374 e. The Balaban J connectivity index is 1.67. The monoisotopic (exact) mass is 264 g/mol. The van der Waals surface area contributed by atoms with Crippen LogP contribution in [-0.4, -0.2) is 54.3 Å². The van der Waals surface area contributed by atoms with Crippen LogP contribution in [0.25, 0.3) is 10.2 Å². The van der Waals surface area contributed by atoms with Crippen molar-refractivity contribution in [2.24, 2.45) is 0 Å². The van der Waals surface area contributed by atoms with Gasteiger partial charge in [0, 0.05) is 19.6 Å². The molecule has 1 aliphatic heterocycles. The second kappa shape index (κ2) is 5.17. The molecular weight excluding hydrogens is 248 g/mol. The Kier molecular flexibility index (Phi) is 3.40. The largest absolute Gasteiger partial charge is 0.374 e. The number of ether oxygens (including phenoxy) is 1. The third-order valence-electron chi connectivity index (χ3n) is 3.10. The van der Waals surface area contributed by atoms with Gasteiger partial charge in [0.2, 0.25) is 0 Å². The number of morpholine rings is 1. The van der Waals surface area contributed by atoms with Crippen LogP contribution in [0.15, 0.2) is 17.8 Å². The van der Waals surface area contributed by atoms with Gasteiger partial charge in [-0.3, -0.25) is 0 Å². The van der Waals surface area contributed by atoms with Gasteiger partial charge in [0.05, 0.1) is 18.1 Å². The lowest BCUT2D eigenvalue weighted by Gasteiger charge is -2.30. The molecular formula is C12H16N4OS. The highest BCUT2D eigenvalue weighted by molar-refractivity contribution is 7.16. The summed E-state index contributed by atoms with van der Waals surface area (Å²) >= 11 is 1.63. The fourth-order valence-electron chi connectivity index (χ4n) is 2.13. The van der Waals surface area contributed by atoms with Gasteiger partial charge >= 0.3 is 0 Å². The topological polar surface area (TPSA) is 50.3 Å². The number of aromatic nitrogens is 2. The second-order valence-corrected chi connectivity index (χ2v) is 5.39. The summed E-state index contributed by atoms with van der Waals surface area (Å²) in [4.78, 5) is 11.8. The molecule has 0 amide bonds. The van der Waals surface area contributed by atoms with E-state index in [2.05, 4.69) is 33.3 Å². The van der Waals surface area contributed by atoms with Gasteiger partial charge < -0.3 is 15.0 Å². The van der Waals surface area contributed by atoms with E-state index in [1.807, 2.05) is 5.38 Å². The molecule has 1 N–H and O–H groups in total. The molecule has 3 rings (SSSR count). The van der Waals surface area contributed by atoms with Crippen LogP contribution in [0.4, 0.5) is 5.82 Å². The lowest BCUT2D eigenvalue weighted by Crippen LogP contribution is -2.43. The molecule has 1 aliphatic rings. The Labute approximate surface area is 110 Å². The van der Waals surface area contributed by atoms with E-state index in [0.717, 1.165) is 42.3 Å². The summed E-state index contributed by atoms with van der Waals surface area (Å²) in [6, 6.07) is 2.05. The van der Waals surface area contributed by atoms with E-state index in [9.17, 15) is 0 Å². The molecule has 1 saturated heterocycles. The number of anilines is 1. The molecule has 1 fully saturated rings. The molecule has 0 aliphatic carbocycles. The van der Waals surface area contributed by atoms with Gasteiger partial charge in [-0.05, 0) is 18.5 Å². The van der Waals surface area contributed by atoms with E-state index in [0.29, 0.717) is 0 Å². The number of rotatable bonds is 3. The summed E-state index contributed by atoms with van der Waals surface area (Å²) in [7, 11) is 2.12. The smallest absolute Gasteiger partial charge is 0.138 e. The maximum absolute atomic E-state index is 5.72. The highest BCUT2D eigenvalue weighted by atomic mass is 32.1. The molecule has 5 nitrogen and oxygen atoms in total. The predicted octanol–water partition coefficient (Wildman–Crippen LogP) is 1.43. The normalized spacial score (nSPS) is 21.3. The van der Waals surface area contributed by atoms with Crippen LogP contribution in [0.3, 0.4) is 0 Å². The summed E-state index contributed by atoms with van der Waals surface area (Å²) in [6.45, 7) is 3.57. The summed E-state index contributed by atoms with van der Waals surface area (Å²) in [6.07, 6.45) is 1.84. The number of thiophene rings is 1. The van der Waals surface area contributed by atoms with Crippen molar-refractivity contribution in [1.82, 2.24) is 14.9 Å². The van der Waals surface area contributed by atoms with Crippen molar-refractivity contribution in [3.63, 3.8) is 0 Å². The first-order valence-electron chi connectivity index (χ1n) is 6.05. The standard InChI is InChI=1S/C12H16N4OS/c1-16-3-4-17-9(7-16)6-13-11-10-2-5-18-12(10)15-8-14-11/h2,5,8-9H,3-4,6-7H2,1H3,(H,13,14,15)/t9-/m0/s1. The molecule has 18 heavy (non-hydrogen) atoms. The predicted molar refractivity (Wildman–Crippen MR) is 73.1 cm³/mol. The fraction of sp³-hybridized carbons (Fsp3) is 0.500. The van der Waals surface area contributed by atoms with Gasteiger partial charge in [-0.25, -0.2) is 9.97 Å². The fourth-order valence-corrected chi connectivity index (χ4v) is 2.86. The molecule has 1 atom stereocenters. The Hall–Kier alpha value is -1.24. The van der Waals surface area contributed by atoms with Crippen molar-refractivity contribution >= 4 is 27.4 Å². The minimum absolute atomic E-state index is 0.229. The highest BCUT2D eigenvalue weighted by Gasteiger charge is 2.17. The molecule has 96 valence electrons. The molecule has 6 heteroatoms. The van der Waals surface area contributed by atoms with Crippen LogP contribution in [-0.2, 0) is 4.74 Å². The molecule has 0 bridgehead atoms. The van der Waals surface area contributed by atoms with E-state index in [1.54, 1.807) is 17.7 Å². The molecule has 2 aromatic rings. The number of fused-ring (bicyclic) bond motifs is 1. The number of hydrogen-bond acceptors (Lipinski definition) is 6. The number of likely N-dealkylation sites (N-methyl/N-ethyl adjacent to an activating group) is 1. The van der Waals surface area contributed by atoms with Gasteiger partial charge in [0.1, 0.15) is 17.0 Å². The van der Waals surface area contributed by atoms with Crippen LogP contribution >= 0.6 is 11.3 Å². The summed E-state index contributed by atoms with van der Waals surface area (Å²) in [5.74, 6) is 0.901. The van der Waals surface area contributed by atoms with Crippen molar-refractivity contribution in [3.8, 4) is 0 Å². The SMILES string of the molecule is CN1CCO[C@@H](CNc2ncnc3sccc23)C1. The van der Waals surface area contributed by atoms with E-state index in [1.165, 1.54) is 0 Å². The number of hydrogen-bond donors (Lipinski definition) is 1. The Morgan fingerprint density at radius 1 is 1.56 bits per heavy atom. The molecule has 0 radical (unpaired) electrons. The van der Waals surface area contributed by atoms with Crippen LogP contribution in [0, 0.1) is 0 Å². The number of nitrogens with one attached hydrogen (secondary N) is 1. The first-order valence-corrected chi connectivity index (χ1v) is 6.93. The Morgan fingerprint density at radius 2 is 2.50 bits per heavy atom. The van der Waals surface area contributed by atoms with E-state index < -0.39 is 0 Å². The van der Waals surface area contributed by atoms with E-state index >= 15 is 0 Å². The van der Waals surface area contributed by atoms with Crippen molar-refractivity contribution < 1.29 is 4.74 Å².